The monoisotopic (exact) mass is 302 g/mol. The molecule has 2 aromatic rings. The van der Waals surface area contributed by atoms with Crippen molar-refractivity contribution in [1.82, 2.24) is 0 Å². The van der Waals surface area contributed by atoms with Crippen LogP contribution in [0.25, 0.3) is 0 Å². The Balaban J connectivity index is 1.88. The molecule has 3 N–H and O–H groups in total. The van der Waals surface area contributed by atoms with Gasteiger partial charge in [-0.05, 0) is 29.3 Å². The highest BCUT2D eigenvalue weighted by Gasteiger charge is 2.20. The first-order chi connectivity index (χ1) is 10.1. The fourth-order valence-corrected chi connectivity index (χ4v) is 2.72. The van der Waals surface area contributed by atoms with Crippen LogP contribution in [0.2, 0.25) is 5.02 Å². The second-order valence-corrected chi connectivity index (χ2v) is 5.38. The maximum atomic E-state index is 11.3. The van der Waals surface area contributed by atoms with E-state index in [4.69, 9.17) is 22.1 Å². The van der Waals surface area contributed by atoms with E-state index in [0.29, 0.717) is 23.8 Å². The largest absolute Gasteiger partial charge is 0.376 e. The Bertz CT molecular complexity index is 688. The summed E-state index contributed by atoms with van der Waals surface area (Å²) in [5.41, 5.74) is 8.80. The zero-order valence-corrected chi connectivity index (χ0v) is 12.1. The third-order valence-electron chi connectivity index (χ3n) is 3.55. The highest BCUT2D eigenvalue weighted by Crippen LogP contribution is 2.29. The van der Waals surface area contributed by atoms with Crippen LogP contribution in [0, 0.1) is 0 Å². The summed E-state index contributed by atoms with van der Waals surface area (Å²) in [6.45, 7) is 1.20. The summed E-state index contributed by atoms with van der Waals surface area (Å²) in [5, 5.41) is 3.72. The number of nitrogens with one attached hydrogen (secondary N) is 1. The molecule has 0 aromatic heterocycles. The summed E-state index contributed by atoms with van der Waals surface area (Å²) in [4.78, 5) is 11.3. The lowest BCUT2D eigenvalue weighted by Crippen LogP contribution is -2.23. The van der Waals surface area contributed by atoms with Crippen molar-refractivity contribution < 1.29 is 9.53 Å². The zero-order valence-electron chi connectivity index (χ0n) is 11.3. The first kappa shape index (κ1) is 13.9. The fraction of sp³-hybridized carbons (Fsp3) is 0.188. The Labute approximate surface area is 127 Å². The molecule has 0 bridgehead atoms. The molecule has 0 saturated carbocycles. The number of carbonyl (C=O) groups excluding carboxylic acids is 1. The lowest BCUT2D eigenvalue weighted by atomic mass is 9.99. The second kappa shape index (κ2) is 5.76. The van der Waals surface area contributed by atoms with Crippen molar-refractivity contribution in [1.29, 1.82) is 0 Å². The lowest BCUT2D eigenvalue weighted by molar-refractivity contribution is 0.0970. The van der Waals surface area contributed by atoms with Crippen molar-refractivity contribution >= 4 is 23.2 Å². The van der Waals surface area contributed by atoms with E-state index in [9.17, 15) is 4.79 Å². The molecule has 1 aliphatic rings. The maximum absolute atomic E-state index is 11.3. The molecule has 0 radical (unpaired) electrons. The van der Waals surface area contributed by atoms with Gasteiger partial charge in [0.2, 0.25) is 5.91 Å². The Morgan fingerprint density at radius 1 is 1.29 bits per heavy atom. The molecule has 4 nitrogen and oxygen atoms in total. The Kier molecular flexibility index (Phi) is 3.82. The summed E-state index contributed by atoms with van der Waals surface area (Å²) >= 11 is 5.96. The minimum absolute atomic E-state index is 0.0388. The zero-order chi connectivity index (χ0) is 14.8. The van der Waals surface area contributed by atoms with Crippen LogP contribution in [0.5, 0.6) is 0 Å². The number of amides is 1. The van der Waals surface area contributed by atoms with Gasteiger partial charge in [-0.3, -0.25) is 4.79 Å². The van der Waals surface area contributed by atoms with E-state index in [1.165, 1.54) is 11.1 Å². The van der Waals surface area contributed by atoms with Gasteiger partial charge in [-0.2, -0.15) is 0 Å². The molecule has 1 atom stereocenters. The van der Waals surface area contributed by atoms with E-state index < -0.39 is 5.91 Å². The van der Waals surface area contributed by atoms with Gasteiger partial charge in [0.15, 0.2) is 0 Å². The van der Waals surface area contributed by atoms with Gasteiger partial charge in [-0.25, -0.2) is 0 Å². The van der Waals surface area contributed by atoms with Crippen LogP contribution in [0.4, 0.5) is 5.69 Å². The lowest BCUT2D eigenvalue weighted by Gasteiger charge is -2.27. The predicted molar refractivity (Wildman–Crippen MR) is 82.4 cm³/mol. The second-order valence-electron chi connectivity index (χ2n) is 4.97. The van der Waals surface area contributed by atoms with Crippen molar-refractivity contribution in [2.45, 2.75) is 12.6 Å². The molecule has 21 heavy (non-hydrogen) atoms. The number of ether oxygens (including phenoxy) is 1. The Hall–Kier alpha value is -2.04. The van der Waals surface area contributed by atoms with E-state index >= 15 is 0 Å². The van der Waals surface area contributed by atoms with Crippen molar-refractivity contribution in [3.8, 4) is 0 Å². The standard InChI is InChI=1S/C16H15ClN2O2/c17-14-6-5-11(7-13(14)16(18)20)19-15-9-21-8-10-3-1-2-4-12(10)15/h1-7,15,19H,8-9H2,(H2,18,20). The average Bonchev–Trinajstić information content (AvgIpc) is 2.49. The Morgan fingerprint density at radius 2 is 2.10 bits per heavy atom. The molecular formula is C16H15ClN2O2. The number of primary amides is 1. The molecule has 0 spiro atoms. The number of carbonyl (C=O) groups is 1. The molecule has 0 aliphatic carbocycles. The summed E-state index contributed by atoms with van der Waals surface area (Å²) in [6, 6.07) is 13.3. The fourth-order valence-electron chi connectivity index (χ4n) is 2.51. The molecule has 1 aliphatic heterocycles. The minimum Gasteiger partial charge on any atom is -0.376 e. The minimum atomic E-state index is -0.538. The molecule has 2 aromatic carbocycles. The van der Waals surface area contributed by atoms with Gasteiger partial charge in [-0.1, -0.05) is 35.9 Å². The van der Waals surface area contributed by atoms with E-state index in [1.807, 2.05) is 18.2 Å². The van der Waals surface area contributed by atoms with Crippen LogP contribution in [0.15, 0.2) is 42.5 Å². The van der Waals surface area contributed by atoms with Gasteiger partial charge in [0, 0.05) is 5.69 Å². The molecule has 0 saturated heterocycles. The average molecular weight is 303 g/mol. The third-order valence-corrected chi connectivity index (χ3v) is 3.87. The van der Waals surface area contributed by atoms with E-state index in [0.717, 1.165) is 5.69 Å². The van der Waals surface area contributed by atoms with Gasteiger partial charge in [0.05, 0.1) is 29.8 Å². The van der Waals surface area contributed by atoms with E-state index in [1.54, 1.807) is 12.1 Å². The number of rotatable bonds is 3. The van der Waals surface area contributed by atoms with Crippen LogP contribution in [-0.2, 0) is 11.3 Å². The van der Waals surface area contributed by atoms with E-state index in [2.05, 4.69) is 17.4 Å². The van der Waals surface area contributed by atoms with Gasteiger partial charge < -0.3 is 15.8 Å². The number of halogens is 1. The Morgan fingerprint density at radius 3 is 2.90 bits per heavy atom. The van der Waals surface area contributed by atoms with Crippen molar-refractivity contribution in [2.24, 2.45) is 5.73 Å². The number of hydrogen-bond donors (Lipinski definition) is 2. The van der Waals surface area contributed by atoms with Crippen LogP contribution in [0.1, 0.15) is 27.5 Å². The molecular weight excluding hydrogens is 288 g/mol. The number of hydrogen-bond acceptors (Lipinski definition) is 3. The smallest absolute Gasteiger partial charge is 0.250 e. The third kappa shape index (κ3) is 2.86. The SMILES string of the molecule is NC(=O)c1cc(NC2COCc3ccccc32)ccc1Cl. The molecule has 1 unspecified atom stereocenters. The highest BCUT2D eigenvalue weighted by atomic mass is 35.5. The number of fused-ring (bicyclic) bond motifs is 1. The van der Waals surface area contributed by atoms with Gasteiger partial charge in [-0.15, -0.1) is 0 Å². The van der Waals surface area contributed by atoms with Gasteiger partial charge in [0.25, 0.3) is 0 Å². The molecule has 1 amide bonds. The van der Waals surface area contributed by atoms with Crippen molar-refractivity contribution in [2.75, 3.05) is 11.9 Å². The summed E-state index contributed by atoms with van der Waals surface area (Å²) in [7, 11) is 0. The summed E-state index contributed by atoms with van der Waals surface area (Å²) < 4.78 is 5.60. The molecule has 5 heteroatoms. The first-order valence-corrected chi connectivity index (χ1v) is 7.04. The quantitative estimate of drug-likeness (QED) is 0.915. The molecule has 108 valence electrons. The molecule has 1 heterocycles. The van der Waals surface area contributed by atoms with Crippen molar-refractivity contribution in [3.05, 3.63) is 64.2 Å². The maximum Gasteiger partial charge on any atom is 0.250 e. The highest BCUT2D eigenvalue weighted by molar-refractivity contribution is 6.33. The van der Waals surface area contributed by atoms with Crippen LogP contribution in [-0.4, -0.2) is 12.5 Å². The van der Waals surface area contributed by atoms with E-state index in [-0.39, 0.29) is 6.04 Å². The number of anilines is 1. The predicted octanol–water partition coefficient (Wildman–Crippen LogP) is 3.12. The van der Waals surface area contributed by atoms with Crippen LogP contribution < -0.4 is 11.1 Å². The van der Waals surface area contributed by atoms with Crippen LogP contribution >= 0.6 is 11.6 Å². The van der Waals surface area contributed by atoms with Gasteiger partial charge in [0.1, 0.15) is 0 Å². The summed E-state index contributed by atoms with van der Waals surface area (Å²) in [5.74, 6) is -0.538. The van der Waals surface area contributed by atoms with Crippen LogP contribution in [0.3, 0.4) is 0 Å². The normalized spacial score (nSPS) is 17.1. The van der Waals surface area contributed by atoms with Crippen molar-refractivity contribution in [3.63, 3.8) is 0 Å². The molecule has 3 rings (SSSR count). The summed E-state index contributed by atoms with van der Waals surface area (Å²) in [6.07, 6.45) is 0. The number of nitrogens with two attached hydrogens (primary N) is 1. The number of benzene rings is 2. The molecule has 0 fully saturated rings. The first-order valence-electron chi connectivity index (χ1n) is 6.66. The van der Waals surface area contributed by atoms with Gasteiger partial charge >= 0.3 is 0 Å². The topological polar surface area (TPSA) is 64.4 Å².